The highest BCUT2D eigenvalue weighted by molar-refractivity contribution is 7.85. The second kappa shape index (κ2) is 5.99. The van der Waals surface area contributed by atoms with E-state index >= 15 is 0 Å². The summed E-state index contributed by atoms with van der Waals surface area (Å²) in [7, 11) is -4.33. The van der Waals surface area contributed by atoms with Crippen molar-refractivity contribution in [2.75, 3.05) is 6.61 Å². The number of rotatable bonds is 5. The van der Waals surface area contributed by atoms with Crippen molar-refractivity contribution in [3.8, 4) is 0 Å². The van der Waals surface area contributed by atoms with Gasteiger partial charge in [0.25, 0.3) is 10.1 Å². The first kappa shape index (κ1) is 15.4. The summed E-state index contributed by atoms with van der Waals surface area (Å²) in [6.45, 7) is 7.24. The third-order valence-electron chi connectivity index (χ3n) is 2.46. The lowest BCUT2D eigenvalue weighted by molar-refractivity contribution is -0.138. The van der Waals surface area contributed by atoms with Crippen molar-refractivity contribution in [3.63, 3.8) is 0 Å². The molecule has 0 radical (unpaired) electrons. The SMILES string of the molecule is C=C(Cc1cc(C)ccc1S(=O)(=O)O)C(=O)OCC. The maximum atomic E-state index is 11.5. The van der Waals surface area contributed by atoms with Gasteiger partial charge in [-0.3, -0.25) is 4.55 Å². The molecule has 0 heterocycles. The molecule has 1 aromatic rings. The molecule has 0 fully saturated rings. The molecule has 0 atom stereocenters. The fourth-order valence-electron chi connectivity index (χ4n) is 1.63. The van der Waals surface area contributed by atoms with Gasteiger partial charge in [0, 0.05) is 12.0 Å². The van der Waals surface area contributed by atoms with Crippen LogP contribution < -0.4 is 0 Å². The highest BCUT2D eigenvalue weighted by Gasteiger charge is 2.18. The molecule has 104 valence electrons. The van der Waals surface area contributed by atoms with Crippen LogP contribution in [0.2, 0.25) is 0 Å². The van der Waals surface area contributed by atoms with Gasteiger partial charge in [0.15, 0.2) is 0 Å². The molecular formula is C13H16O5S. The van der Waals surface area contributed by atoms with Crippen molar-refractivity contribution >= 4 is 16.1 Å². The zero-order valence-electron chi connectivity index (χ0n) is 10.8. The van der Waals surface area contributed by atoms with Gasteiger partial charge in [0.2, 0.25) is 0 Å². The number of benzene rings is 1. The Labute approximate surface area is 112 Å². The van der Waals surface area contributed by atoms with E-state index < -0.39 is 16.1 Å². The van der Waals surface area contributed by atoms with E-state index in [9.17, 15) is 13.2 Å². The number of carbonyl (C=O) groups is 1. The van der Waals surface area contributed by atoms with Crippen molar-refractivity contribution in [1.82, 2.24) is 0 Å². The third-order valence-corrected chi connectivity index (χ3v) is 3.42. The van der Waals surface area contributed by atoms with Crippen molar-refractivity contribution < 1.29 is 22.5 Å². The summed E-state index contributed by atoms with van der Waals surface area (Å²) in [6.07, 6.45) is 0.00956. The Morgan fingerprint density at radius 2 is 2.05 bits per heavy atom. The Morgan fingerprint density at radius 3 is 2.58 bits per heavy atom. The van der Waals surface area contributed by atoms with E-state index in [1.807, 2.05) is 0 Å². The van der Waals surface area contributed by atoms with Crippen molar-refractivity contribution in [3.05, 3.63) is 41.5 Å². The van der Waals surface area contributed by atoms with E-state index in [-0.39, 0.29) is 23.5 Å². The second-order valence-electron chi connectivity index (χ2n) is 4.09. The van der Waals surface area contributed by atoms with Crippen LogP contribution in [0.3, 0.4) is 0 Å². The van der Waals surface area contributed by atoms with Crippen LogP contribution in [0.4, 0.5) is 0 Å². The molecule has 0 aliphatic heterocycles. The largest absolute Gasteiger partial charge is 0.463 e. The minimum atomic E-state index is -4.33. The van der Waals surface area contributed by atoms with E-state index in [2.05, 4.69) is 6.58 Å². The molecule has 0 aliphatic rings. The lowest BCUT2D eigenvalue weighted by atomic mass is 10.0. The summed E-state index contributed by atoms with van der Waals surface area (Å²) in [5.74, 6) is -0.578. The van der Waals surface area contributed by atoms with E-state index in [0.717, 1.165) is 5.56 Å². The average molecular weight is 284 g/mol. The Bertz CT molecular complexity index is 601. The summed E-state index contributed by atoms with van der Waals surface area (Å²) in [5, 5.41) is 0. The number of esters is 1. The smallest absolute Gasteiger partial charge is 0.333 e. The first-order chi connectivity index (χ1) is 8.75. The number of hydrogen-bond acceptors (Lipinski definition) is 4. The molecule has 0 unspecified atom stereocenters. The topological polar surface area (TPSA) is 80.7 Å². The molecule has 0 spiro atoms. The number of carbonyl (C=O) groups excluding carboxylic acids is 1. The van der Waals surface area contributed by atoms with Crippen molar-refractivity contribution in [2.45, 2.75) is 25.2 Å². The Morgan fingerprint density at radius 1 is 1.42 bits per heavy atom. The molecule has 5 nitrogen and oxygen atoms in total. The van der Waals surface area contributed by atoms with Crippen LogP contribution in [0.15, 0.2) is 35.2 Å². The zero-order chi connectivity index (χ0) is 14.6. The van der Waals surface area contributed by atoms with E-state index in [1.165, 1.54) is 6.07 Å². The van der Waals surface area contributed by atoms with E-state index in [4.69, 9.17) is 9.29 Å². The molecule has 1 aromatic carbocycles. The summed E-state index contributed by atoms with van der Waals surface area (Å²) in [6, 6.07) is 4.46. The summed E-state index contributed by atoms with van der Waals surface area (Å²) in [4.78, 5) is 11.2. The van der Waals surface area contributed by atoms with Gasteiger partial charge >= 0.3 is 5.97 Å². The maximum Gasteiger partial charge on any atom is 0.333 e. The zero-order valence-corrected chi connectivity index (χ0v) is 11.7. The van der Waals surface area contributed by atoms with Gasteiger partial charge in [-0.15, -0.1) is 0 Å². The molecule has 0 saturated carbocycles. The van der Waals surface area contributed by atoms with Crippen LogP contribution in [0, 0.1) is 6.92 Å². The number of ether oxygens (including phenoxy) is 1. The standard InChI is InChI=1S/C13H16O5S/c1-4-18-13(14)10(3)8-11-7-9(2)5-6-12(11)19(15,16)17/h5-7H,3-4,8H2,1-2H3,(H,15,16,17). The molecule has 0 amide bonds. The van der Waals surface area contributed by atoms with Gasteiger partial charge in [-0.05, 0) is 25.5 Å². The molecule has 0 saturated heterocycles. The highest BCUT2D eigenvalue weighted by Crippen LogP contribution is 2.20. The Balaban J connectivity index is 3.10. The van der Waals surface area contributed by atoms with Crippen LogP contribution in [0.1, 0.15) is 18.1 Å². The number of aryl methyl sites for hydroxylation is 1. The predicted molar refractivity (Wildman–Crippen MR) is 70.5 cm³/mol. The summed E-state index contributed by atoms with van der Waals surface area (Å²) in [5.41, 5.74) is 1.27. The first-order valence-corrected chi connectivity index (χ1v) is 7.11. The molecule has 1 rings (SSSR count). The monoisotopic (exact) mass is 284 g/mol. The first-order valence-electron chi connectivity index (χ1n) is 5.67. The quantitative estimate of drug-likeness (QED) is 0.507. The van der Waals surface area contributed by atoms with Gasteiger partial charge in [0.1, 0.15) is 0 Å². The minimum Gasteiger partial charge on any atom is -0.463 e. The summed E-state index contributed by atoms with van der Waals surface area (Å²) >= 11 is 0. The van der Waals surface area contributed by atoms with Gasteiger partial charge in [-0.2, -0.15) is 8.42 Å². The van der Waals surface area contributed by atoms with Gasteiger partial charge in [0.05, 0.1) is 11.5 Å². The van der Waals surface area contributed by atoms with Crippen molar-refractivity contribution in [2.24, 2.45) is 0 Å². The van der Waals surface area contributed by atoms with Gasteiger partial charge < -0.3 is 4.74 Å². The molecule has 19 heavy (non-hydrogen) atoms. The van der Waals surface area contributed by atoms with Gasteiger partial charge in [-0.1, -0.05) is 24.3 Å². The fraction of sp³-hybridized carbons (Fsp3) is 0.308. The van der Waals surface area contributed by atoms with Crippen LogP contribution in [0.5, 0.6) is 0 Å². The van der Waals surface area contributed by atoms with E-state index in [0.29, 0.717) is 5.56 Å². The number of hydrogen-bond donors (Lipinski definition) is 1. The Hall–Kier alpha value is -1.66. The molecule has 1 N–H and O–H groups in total. The predicted octanol–water partition coefficient (Wildman–Crippen LogP) is 1.90. The third kappa shape index (κ3) is 4.18. The normalized spacial score (nSPS) is 11.1. The van der Waals surface area contributed by atoms with E-state index in [1.54, 1.807) is 26.0 Å². The van der Waals surface area contributed by atoms with Crippen molar-refractivity contribution in [1.29, 1.82) is 0 Å². The fourth-order valence-corrected chi connectivity index (χ4v) is 2.34. The second-order valence-corrected chi connectivity index (χ2v) is 5.48. The van der Waals surface area contributed by atoms with Crippen LogP contribution in [-0.4, -0.2) is 25.5 Å². The average Bonchev–Trinajstić information content (AvgIpc) is 2.27. The lowest BCUT2D eigenvalue weighted by Crippen LogP contribution is -2.11. The van der Waals surface area contributed by atoms with Crippen LogP contribution in [-0.2, 0) is 26.1 Å². The molecular weight excluding hydrogens is 268 g/mol. The lowest BCUT2D eigenvalue weighted by Gasteiger charge is -2.10. The highest BCUT2D eigenvalue weighted by atomic mass is 32.2. The Kier molecular flexibility index (Phi) is 4.85. The maximum absolute atomic E-state index is 11.5. The molecule has 0 aliphatic carbocycles. The summed E-state index contributed by atoms with van der Waals surface area (Å²) < 4.78 is 36.4. The minimum absolute atomic E-state index is 0.00956. The van der Waals surface area contributed by atoms with Crippen LogP contribution in [0.25, 0.3) is 0 Å². The molecule has 0 aromatic heterocycles. The van der Waals surface area contributed by atoms with Gasteiger partial charge in [-0.25, -0.2) is 4.79 Å². The molecule has 0 bridgehead atoms. The van der Waals surface area contributed by atoms with Crippen LogP contribution >= 0.6 is 0 Å². The molecule has 6 heteroatoms.